The van der Waals surface area contributed by atoms with Crippen LogP contribution in [0.5, 0.6) is 0 Å². The second kappa shape index (κ2) is 10.2. The minimum Gasteiger partial charge on any atom is -0.394 e. The largest absolute Gasteiger partial charge is 0.394 e. The van der Waals surface area contributed by atoms with Crippen LogP contribution in [-0.4, -0.2) is 77.4 Å². The topological polar surface area (TPSA) is 76.0 Å². The van der Waals surface area contributed by atoms with Crippen LogP contribution in [0.2, 0.25) is 0 Å². The summed E-state index contributed by atoms with van der Waals surface area (Å²) in [6, 6.07) is 10.6. The Balaban J connectivity index is 1.46. The van der Waals surface area contributed by atoms with E-state index in [1.54, 1.807) is 0 Å². The van der Waals surface area contributed by atoms with Gasteiger partial charge < -0.3 is 15.5 Å². The van der Waals surface area contributed by atoms with Crippen LogP contribution in [0.1, 0.15) is 31.2 Å². The normalized spacial score (nSPS) is 22.9. The molecular formula is C21H33N3O3. The zero-order valence-electron chi connectivity index (χ0n) is 16.1. The maximum Gasteiger partial charge on any atom is 0.224 e. The van der Waals surface area contributed by atoms with Crippen molar-refractivity contribution in [1.82, 2.24) is 15.1 Å². The highest BCUT2D eigenvalue weighted by atomic mass is 16.3. The fourth-order valence-electron chi connectivity index (χ4n) is 4.30. The molecule has 3 rings (SSSR count). The van der Waals surface area contributed by atoms with Crippen molar-refractivity contribution in [2.75, 3.05) is 39.4 Å². The molecule has 2 heterocycles. The summed E-state index contributed by atoms with van der Waals surface area (Å²) in [6.07, 6.45) is 4.22. The van der Waals surface area contributed by atoms with Gasteiger partial charge in [-0.1, -0.05) is 30.3 Å². The molecule has 2 aliphatic rings. The summed E-state index contributed by atoms with van der Waals surface area (Å²) in [5.41, 5.74) is 1.37. The van der Waals surface area contributed by atoms with Crippen molar-refractivity contribution in [2.45, 2.75) is 44.3 Å². The highest BCUT2D eigenvalue weighted by molar-refractivity contribution is 5.79. The van der Waals surface area contributed by atoms with Gasteiger partial charge in [0, 0.05) is 19.1 Å². The molecule has 27 heavy (non-hydrogen) atoms. The molecule has 1 amide bonds. The van der Waals surface area contributed by atoms with Crippen LogP contribution in [-0.2, 0) is 11.3 Å². The van der Waals surface area contributed by atoms with Crippen LogP contribution < -0.4 is 5.32 Å². The zero-order valence-corrected chi connectivity index (χ0v) is 16.1. The first-order valence-electron chi connectivity index (χ1n) is 10.2. The lowest BCUT2D eigenvalue weighted by atomic mass is 9.93. The molecule has 1 aromatic carbocycles. The van der Waals surface area contributed by atoms with Crippen molar-refractivity contribution in [1.29, 1.82) is 0 Å². The van der Waals surface area contributed by atoms with E-state index in [1.165, 1.54) is 5.56 Å². The third-order valence-corrected chi connectivity index (χ3v) is 5.93. The Morgan fingerprint density at radius 3 is 2.44 bits per heavy atom. The van der Waals surface area contributed by atoms with Gasteiger partial charge in [0.1, 0.15) is 0 Å². The van der Waals surface area contributed by atoms with Crippen LogP contribution in [0.15, 0.2) is 30.3 Å². The van der Waals surface area contributed by atoms with Crippen molar-refractivity contribution in [3.8, 4) is 0 Å². The molecule has 6 heteroatoms. The Hall–Kier alpha value is -1.47. The number of aliphatic hydroxyl groups excluding tert-OH is 2. The lowest BCUT2D eigenvalue weighted by molar-refractivity contribution is -0.128. The number of hydrogen-bond acceptors (Lipinski definition) is 5. The lowest BCUT2D eigenvalue weighted by Crippen LogP contribution is -2.52. The lowest BCUT2D eigenvalue weighted by Gasteiger charge is -2.42. The first-order valence-corrected chi connectivity index (χ1v) is 10.2. The molecule has 1 aromatic rings. The highest BCUT2D eigenvalue weighted by Gasteiger charge is 2.32. The number of likely N-dealkylation sites (tertiary alicyclic amines) is 2. The number of rotatable bonds is 7. The van der Waals surface area contributed by atoms with Gasteiger partial charge in [-0.2, -0.15) is 0 Å². The third kappa shape index (κ3) is 5.75. The van der Waals surface area contributed by atoms with Crippen LogP contribution >= 0.6 is 0 Å². The van der Waals surface area contributed by atoms with E-state index in [1.807, 2.05) is 0 Å². The van der Waals surface area contributed by atoms with E-state index in [2.05, 4.69) is 45.4 Å². The maximum atomic E-state index is 12.4. The standard InChI is InChI=1S/C21H33N3O3/c25-15-19(16-26)22-21(27)18-7-4-10-24(14-18)20-8-11-23(12-9-20)13-17-5-2-1-3-6-17/h1-3,5-6,18-20,25-26H,4,7-16H2,(H,22,27)/t18-/m1/s1. The zero-order chi connectivity index (χ0) is 19.1. The summed E-state index contributed by atoms with van der Waals surface area (Å²) in [4.78, 5) is 17.4. The smallest absolute Gasteiger partial charge is 0.224 e. The van der Waals surface area contributed by atoms with E-state index in [4.69, 9.17) is 10.2 Å². The van der Waals surface area contributed by atoms with Crippen molar-refractivity contribution in [2.24, 2.45) is 5.92 Å². The van der Waals surface area contributed by atoms with E-state index in [0.717, 1.165) is 58.4 Å². The highest BCUT2D eigenvalue weighted by Crippen LogP contribution is 2.24. The molecule has 150 valence electrons. The van der Waals surface area contributed by atoms with Crippen LogP contribution in [0, 0.1) is 5.92 Å². The SMILES string of the molecule is O=C(NC(CO)CO)[C@@H]1CCCN(C2CCN(Cc3ccccc3)CC2)C1. The molecule has 3 N–H and O–H groups in total. The Morgan fingerprint density at radius 2 is 1.78 bits per heavy atom. The van der Waals surface area contributed by atoms with Gasteiger partial charge in [-0.15, -0.1) is 0 Å². The summed E-state index contributed by atoms with van der Waals surface area (Å²) >= 11 is 0. The number of benzene rings is 1. The van der Waals surface area contributed by atoms with E-state index in [9.17, 15) is 4.79 Å². The minimum absolute atomic E-state index is 0.0330. The van der Waals surface area contributed by atoms with E-state index in [0.29, 0.717) is 6.04 Å². The molecule has 0 bridgehead atoms. The fourth-order valence-corrected chi connectivity index (χ4v) is 4.30. The van der Waals surface area contributed by atoms with Crippen LogP contribution in [0.25, 0.3) is 0 Å². The number of piperidine rings is 2. The predicted molar refractivity (Wildman–Crippen MR) is 105 cm³/mol. The Bertz CT molecular complexity index is 571. The van der Waals surface area contributed by atoms with E-state index < -0.39 is 6.04 Å². The molecule has 0 unspecified atom stereocenters. The van der Waals surface area contributed by atoms with Gasteiger partial charge in [-0.25, -0.2) is 0 Å². The summed E-state index contributed by atoms with van der Waals surface area (Å²) in [5.74, 6) is -0.0731. The first-order chi connectivity index (χ1) is 13.2. The second-order valence-electron chi connectivity index (χ2n) is 7.90. The number of aliphatic hydroxyl groups is 2. The monoisotopic (exact) mass is 375 g/mol. The van der Waals surface area contributed by atoms with Gasteiger partial charge >= 0.3 is 0 Å². The van der Waals surface area contributed by atoms with Crippen molar-refractivity contribution in [3.63, 3.8) is 0 Å². The second-order valence-corrected chi connectivity index (χ2v) is 7.90. The molecule has 0 aromatic heterocycles. The minimum atomic E-state index is -0.547. The molecule has 0 saturated carbocycles. The number of nitrogens with zero attached hydrogens (tertiary/aromatic N) is 2. The maximum absolute atomic E-state index is 12.4. The average molecular weight is 376 g/mol. The molecular weight excluding hydrogens is 342 g/mol. The number of carbonyl (C=O) groups excluding carboxylic acids is 1. The Labute approximate surface area is 162 Å². The van der Waals surface area contributed by atoms with Gasteiger partial charge in [0.2, 0.25) is 5.91 Å². The van der Waals surface area contributed by atoms with E-state index in [-0.39, 0.29) is 25.0 Å². The van der Waals surface area contributed by atoms with Crippen molar-refractivity contribution < 1.29 is 15.0 Å². The average Bonchev–Trinajstić information content (AvgIpc) is 2.73. The van der Waals surface area contributed by atoms with Gasteiger partial charge in [-0.3, -0.25) is 14.6 Å². The van der Waals surface area contributed by atoms with Crippen LogP contribution in [0.3, 0.4) is 0 Å². The van der Waals surface area contributed by atoms with Gasteiger partial charge in [0.05, 0.1) is 25.2 Å². The third-order valence-electron chi connectivity index (χ3n) is 5.93. The summed E-state index contributed by atoms with van der Waals surface area (Å²) in [7, 11) is 0. The van der Waals surface area contributed by atoms with Gasteiger partial charge in [0.15, 0.2) is 0 Å². The molecule has 2 saturated heterocycles. The van der Waals surface area contributed by atoms with Crippen LogP contribution in [0.4, 0.5) is 0 Å². The Morgan fingerprint density at radius 1 is 1.07 bits per heavy atom. The molecule has 0 radical (unpaired) electrons. The molecule has 2 fully saturated rings. The fraction of sp³-hybridized carbons (Fsp3) is 0.667. The van der Waals surface area contributed by atoms with Gasteiger partial charge in [0.25, 0.3) is 0 Å². The van der Waals surface area contributed by atoms with Crippen molar-refractivity contribution in [3.05, 3.63) is 35.9 Å². The summed E-state index contributed by atoms with van der Waals surface area (Å²) < 4.78 is 0. The molecule has 6 nitrogen and oxygen atoms in total. The molecule has 0 aliphatic carbocycles. The number of hydrogen-bond donors (Lipinski definition) is 3. The van der Waals surface area contributed by atoms with Crippen molar-refractivity contribution >= 4 is 5.91 Å². The Kier molecular flexibility index (Phi) is 7.64. The first kappa shape index (κ1) is 20.3. The molecule has 1 atom stereocenters. The quantitative estimate of drug-likeness (QED) is 0.658. The van der Waals surface area contributed by atoms with E-state index >= 15 is 0 Å². The predicted octanol–water partition coefficient (Wildman–Crippen LogP) is 0.832. The summed E-state index contributed by atoms with van der Waals surface area (Å²) in [6.45, 7) is 4.63. The van der Waals surface area contributed by atoms with Gasteiger partial charge in [-0.05, 0) is 50.9 Å². The number of nitrogens with one attached hydrogen (secondary N) is 1. The number of carbonyl (C=O) groups is 1. The molecule has 2 aliphatic heterocycles. The number of amides is 1. The molecule has 0 spiro atoms. The summed E-state index contributed by atoms with van der Waals surface area (Å²) in [5, 5.41) is 21.1.